The molecule has 0 aliphatic heterocycles. The van der Waals surface area contributed by atoms with Crippen molar-refractivity contribution in [3.8, 4) is 5.82 Å². The van der Waals surface area contributed by atoms with Crippen molar-refractivity contribution in [2.75, 3.05) is 0 Å². The molecule has 0 saturated heterocycles. The van der Waals surface area contributed by atoms with Gasteiger partial charge in [0.2, 0.25) is 5.95 Å². The normalized spacial score (nSPS) is 10.7. The van der Waals surface area contributed by atoms with Crippen LogP contribution in [0.3, 0.4) is 0 Å². The zero-order chi connectivity index (χ0) is 11.5. The molecule has 0 atom stereocenters. The molecule has 0 saturated carbocycles. The first-order valence-electron chi connectivity index (χ1n) is 5.30. The molecule has 0 bridgehead atoms. The minimum Gasteiger partial charge on any atom is -0.219 e. The molecule has 0 aliphatic carbocycles. The second-order valence-electron chi connectivity index (χ2n) is 3.44. The van der Waals surface area contributed by atoms with Crippen molar-refractivity contribution in [2.24, 2.45) is 0 Å². The summed E-state index contributed by atoms with van der Waals surface area (Å²) in [4.78, 5) is 7.44. The number of hydrogen-bond acceptors (Lipinski definition) is 3. The first kappa shape index (κ1) is 10.7. The Balaban J connectivity index is 2.50. The molecule has 0 spiro atoms. The fourth-order valence-electron chi connectivity index (χ4n) is 1.54. The topological polar surface area (TPSA) is 43.6 Å². The van der Waals surface area contributed by atoms with Gasteiger partial charge in [-0.05, 0) is 18.9 Å². The van der Waals surface area contributed by atoms with E-state index in [1.165, 1.54) is 12.4 Å². The van der Waals surface area contributed by atoms with E-state index in [1.807, 2.05) is 19.9 Å². The van der Waals surface area contributed by atoms with Crippen LogP contribution >= 0.6 is 0 Å². The summed E-state index contributed by atoms with van der Waals surface area (Å²) >= 11 is 0. The van der Waals surface area contributed by atoms with Gasteiger partial charge in [0.25, 0.3) is 0 Å². The molecule has 84 valence electrons. The van der Waals surface area contributed by atoms with Crippen molar-refractivity contribution in [2.45, 2.75) is 26.7 Å². The lowest BCUT2D eigenvalue weighted by Crippen LogP contribution is -2.05. The van der Waals surface area contributed by atoms with Gasteiger partial charge in [0.05, 0.1) is 5.69 Å². The zero-order valence-electron chi connectivity index (χ0n) is 9.31. The summed E-state index contributed by atoms with van der Waals surface area (Å²) in [6.07, 6.45) is 2.89. The molecule has 2 heterocycles. The monoisotopic (exact) mass is 220 g/mol. The molecule has 0 unspecified atom stereocenters. The lowest BCUT2D eigenvalue weighted by molar-refractivity contribution is 0.574. The molecule has 4 nitrogen and oxygen atoms in total. The second kappa shape index (κ2) is 4.38. The molecule has 0 aliphatic rings. The maximum Gasteiger partial charge on any atom is 0.218 e. The predicted octanol–water partition coefficient (Wildman–Crippen LogP) is 1.93. The van der Waals surface area contributed by atoms with E-state index in [0.717, 1.165) is 24.2 Å². The number of rotatable bonds is 3. The molecular formula is C11H13FN4. The van der Waals surface area contributed by atoms with Gasteiger partial charge in [0.15, 0.2) is 5.82 Å². The Morgan fingerprint density at radius 2 is 2.00 bits per heavy atom. The molecule has 5 heteroatoms. The van der Waals surface area contributed by atoms with Crippen LogP contribution in [0.5, 0.6) is 0 Å². The van der Waals surface area contributed by atoms with Crippen molar-refractivity contribution in [1.82, 2.24) is 19.7 Å². The maximum absolute atomic E-state index is 13.0. The smallest absolute Gasteiger partial charge is 0.218 e. The van der Waals surface area contributed by atoms with Gasteiger partial charge in [-0.3, -0.25) is 0 Å². The summed E-state index contributed by atoms with van der Waals surface area (Å²) in [5.74, 6) is -0.0651. The van der Waals surface area contributed by atoms with Gasteiger partial charge in [-0.25, -0.2) is 14.6 Å². The van der Waals surface area contributed by atoms with Crippen LogP contribution in [0.2, 0.25) is 0 Å². The Morgan fingerprint density at radius 1 is 1.19 bits per heavy atom. The number of halogens is 1. The molecule has 0 amide bonds. The van der Waals surface area contributed by atoms with Gasteiger partial charge in [-0.15, -0.1) is 0 Å². The SMILES string of the molecule is CCc1cc(CC)n(-c2cc(F)ncn2)n1. The third-order valence-electron chi connectivity index (χ3n) is 2.39. The summed E-state index contributed by atoms with van der Waals surface area (Å²) in [5, 5.41) is 4.37. The van der Waals surface area contributed by atoms with Gasteiger partial charge in [-0.1, -0.05) is 13.8 Å². The van der Waals surface area contributed by atoms with Gasteiger partial charge >= 0.3 is 0 Å². The third-order valence-corrected chi connectivity index (χ3v) is 2.39. The van der Waals surface area contributed by atoms with Crippen molar-refractivity contribution >= 4 is 0 Å². The predicted molar refractivity (Wildman–Crippen MR) is 57.9 cm³/mol. The van der Waals surface area contributed by atoms with Crippen molar-refractivity contribution < 1.29 is 4.39 Å². The maximum atomic E-state index is 13.0. The van der Waals surface area contributed by atoms with E-state index in [1.54, 1.807) is 4.68 Å². The lowest BCUT2D eigenvalue weighted by atomic mass is 10.2. The molecule has 2 aromatic rings. The minimum absolute atomic E-state index is 0.476. The highest BCUT2D eigenvalue weighted by Gasteiger charge is 2.09. The van der Waals surface area contributed by atoms with E-state index < -0.39 is 5.95 Å². The molecular weight excluding hydrogens is 207 g/mol. The highest BCUT2D eigenvalue weighted by molar-refractivity contribution is 5.25. The highest BCUT2D eigenvalue weighted by atomic mass is 19.1. The summed E-state index contributed by atoms with van der Waals surface area (Å²) < 4.78 is 14.7. The number of aryl methyl sites for hydroxylation is 2. The van der Waals surface area contributed by atoms with Crippen LogP contribution in [0.1, 0.15) is 25.2 Å². The van der Waals surface area contributed by atoms with Crippen LogP contribution < -0.4 is 0 Å². The minimum atomic E-state index is -0.541. The quantitative estimate of drug-likeness (QED) is 0.742. The van der Waals surface area contributed by atoms with Crippen LogP contribution in [0, 0.1) is 5.95 Å². The Labute approximate surface area is 93.2 Å². The van der Waals surface area contributed by atoms with Crippen LogP contribution in [-0.4, -0.2) is 19.7 Å². The van der Waals surface area contributed by atoms with Crippen LogP contribution in [0.4, 0.5) is 4.39 Å². The fraction of sp³-hybridized carbons (Fsp3) is 0.364. The summed E-state index contributed by atoms with van der Waals surface area (Å²) in [5.41, 5.74) is 2.01. The molecule has 0 radical (unpaired) electrons. The summed E-state index contributed by atoms with van der Waals surface area (Å²) in [7, 11) is 0. The lowest BCUT2D eigenvalue weighted by Gasteiger charge is -2.03. The molecule has 0 N–H and O–H groups in total. The van der Waals surface area contributed by atoms with E-state index in [-0.39, 0.29) is 0 Å². The largest absolute Gasteiger partial charge is 0.219 e. The first-order chi connectivity index (χ1) is 7.74. The van der Waals surface area contributed by atoms with Crippen molar-refractivity contribution in [3.63, 3.8) is 0 Å². The Bertz CT molecular complexity index is 492. The van der Waals surface area contributed by atoms with Gasteiger partial charge in [0, 0.05) is 11.8 Å². The first-order valence-corrected chi connectivity index (χ1v) is 5.30. The van der Waals surface area contributed by atoms with Crippen LogP contribution in [0.15, 0.2) is 18.5 Å². The number of aromatic nitrogens is 4. The standard InChI is InChI=1S/C11H13FN4/c1-3-8-5-9(4-2)16(15-8)11-6-10(12)13-7-14-11/h5-7H,3-4H2,1-2H3. The molecule has 16 heavy (non-hydrogen) atoms. The Kier molecular flexibility index (Phi) is 2.94. The summed E-state index contributed by atoms with van der Waals surface area (Å²) in [6, 6.07) is 3.30. The van der Waals surface area contributed by atoms with E-state index in [9.17, 15) is 4.39 Å². The Hall–Kier alpha value is -1.78. The third kappa shape index (κ3) is 1.93. The molecule has 0 fully saturated rings. The van der Waals surface area contributed by atoms with Crippen LogP contribution in [0.25, 0.3) is 5.82 Å². The van der Waals surface area contributed by atoms with E-state index in [4.69, 9.17) is 0 Å². The van der Waals surface area contributed by atoms with Gasteiger partial charge < -0.3 is 0 Å². The molecule has 0 aromatic carbocycles. The number of hydrogen-bond donors (Lipinski definition) is 0. The van der Waals surface area contributed by atoms with E-state index >= 15 is 0 Å². The fourth-order valence-corrected chi connectivity index (χ4v) is 1.54. The van der Waals surface area contributed by atoms with Gasteiger partial charge in [-0.2, -0.15) is 9.49 Å². The van der Waals surface area contributed by atoms with Crippen LogP contribution in [-0.2, 0) is 12.8 Å². The number of nitrogens with zero attached hydrogens (tertiary/aromatic N) is 4. The average Bonchev–Trinajstić information content (AvgIpc) is 2.72. The van der Waals surface area contributed by atoms with E-state index in [2.05, 4.69) is 15.1 Å². The zero-order valence-corrected chi connectivity index (χ0v) is 9.31. The summed E-state index contributed by atoms with van der Waals surface area (Å²) in [6.45, 7) is 4.07. The molecule has 2 rings (SSSR count). The highest BCUT2D eigenvalue weighted by Crippen LogP contribution is 2.12. The van der Waals surface area contributed by atoms with E-state index in [0.29, 0.717) is 5.82 Å². The van der Waals surface area contributed by atoms with Crippen molar-refractivity contribution in [1.29, 1.82) is 0 Å². The van der Waals surface area contributed by atoms with Crippen molar-refractivity contribution in [3.05, 3.63) is 35.8 Å². The second-order valence-corrected chi connectivity index (χ2v) is 3.44. The average molecular weight is 220 g/mol. The Morgan fingerprint density at radius 3 is 2.62 bits per heavy atom. The van der Waals surface area contributed by atoms with Gasteiger partial charge in [0.1, 0.15) is 6.33 Å². The molecule has 2 aromatic heterocycles.